The van der Waals surface area contributed by atoms with E-state index < -0.39 is 28.2 Å². The SMILES string of the molecule is COc1ccccc1N(C)S(=O)(=O)NC(=O)NC(Cc1ccccc1)C(=O)N(C)c1ccc2ncccc2c1. The molecule has 3 amide bonds. The van der Waals surface area contributed by atoms with E-state index in [1.165, 1.54) is 19.1 Å². The lowest BCUT2D eigenvalue weighted by Crippen LogP contribution is -2.54. The minimum Gasteiger partial charge on any atom is -0.495 e. The van der Waals surface area contributed by atoms with Crippen LogP contribution in [0, 0.1) is 0 Å². The number of fused-ring (bicyclic) bond motifs is 1. The van der Waals surface area contributed by atoms with Gasteiger partial charge in [-0.05, 0) is 42.0 Å². The number of nitrogens with one attached hydrogen (secondary N) is 2. The largest absolute Gasteiger partial charge is 0.495 e. The number of anilines is 2. The van der Waals surface area contributed by atoms with E-state index in [9.17, 15) is 18.0 Å². The van der Waals surface area contributed by atoms with Gasteiger partial charge in [0.05, 0.1) is 18.3 Å². The summed E-state index contributed by atoms with van der Waals surface area (Å²) in [5.74, 6) is -0.108. The van der Waals surface area contributed by atoms with Crippen molar-refractivity contribution in [3.8, 4) is 5.75 Å². The molecule has 1 heterocycles. The highest BCUT2D eigenvalue weighted by Crippen LogP contribution is 2.28. The first-order chi connectivity index (χ1) is 18.7. The number of pyridine rings is 1. The summed E-state index contributed by atoms with van der Waals surface area (Å²) in [7, 11) is -0.0133. The number of hydrogen-bond acceptors (Lipinski definition) is 6. The highest BCUT2D eigenvalue weighted by molar-refractivity contribution is 7.91. The molecule has 11 heteroatoms. The van der Waals surface area contributed by atoms with Crippen molar-refractivity contribution in [1.29, 1.82) is 0 Å². The Balaban J connectivity index is 1.55. The lowest BCUT2D eigenvalue weighted by atomic mass is 10.0. The first kappa shape index (κ1) is 27.4. The van der Waals surface area contributed by atoms with Crippen LogP contribution in [0.1, 0.15) is 5.56 Å². The Labute approximate surface area is 227 Å². The van der Waals surface area contributed by atoms with Crippen LogP contribution in [0.25, 0.3) is 10.9 Å². The average Bonchev–Trinajstić information content (AvgIpc) is 2.95. The maximum Gasteiger partial charge on any atom is 0.330 e. The number of ether oxygens (including phenoxy) is 1. The molecule has 0 aliphatic heterocycles. The van der Waals surface area contributed by atoms with Crippen LogP contribution in [0.5, 0.6) is 5.75 Å². The number of methoxy groups -OCH3 is 1. The molecule has 0 spiro atoms. The topological polar surface area (TPSA) is 121 Å². The highest BCUT2D eigenvalue weighted by atomic mass is 32.2. The summed E-state index contributed by atoms with van der Waals surface area (Å²) in [4.78, 5) is 32.3. The summed E-state index contributed by atoms with van der Waals surface area (Å²) in [5.41, 5.74) is 2.41. The zero-order valence-corrected chi connectivity index (χ0v) is 22.6. The van der Waals surface area contributed by atoms with Crippen LogP contribution in [-0.2, 0) is 21.4 Å². The van der Waals surface area contributed by atoms with Crippen LogP contribution in [0.3, 0.4) is 0 Å². The summed E-state index contributed by atoms with van der Waals surface area (Å²) in [6.07, 6.45) is 1.84. The normalized spacial score (nSPS) is 11.9. The van der Waals surface area contributed by atoms with Crippen molar-refractivity contribution in [3.63, 3.8) is 0 Å². The molecule has 0 fully saturated rings. The molecule has 2 N–H and O–H groups in total. The van der Waals surface area contributed by atoms with E-state index in [-0.39, 0.29) is 12.1 Å². The molecular weight excluding hydrogens is 518 g/mol. The number of aromatic nitrogens is 1. The lowest BCUT2D eigenvalue weighted by molar-refractivity contribution is -0.120. The third-order valence-corrected chi connectivity index (χ3v) is 7.56. The molecule has 0 aliphatic carbocycles. The number of likely N-dealkylation sites (N-methyl/N-ethyl adjacent to an activating group) is 1. The van der Waals surface area contributed by atoms with Crippen molar-refractivity contribution in [2.75, 3.05) is 30.4 Å². The molecule has 10 nitrogen and oxygen atoms in total. The van der Waals surface area contributed by atoms with Crippen LogP contribution in [0.2, 0.25) is 0 Å². The molecule has 1 atom stereocenters. The number of urea groups is 1. The second-order valence-electron chi connectivity index (χ2n) is 8.74. The van der Waals surface area contributed by atoms with Crippen LogP contribution in [0.15, 0.2) is 91.1 Å². The summed E-state index contributed by atoms with van der Waals surface area (Å²) in [5, 5.41) is 3.41. The maximum absolute atomic E-state index is 13.6. The van der Waals surface area contributed by atoms with E-state index in [0.717, 1.165) is 20.8 Å². The van der Waals surface area contributed by atoms with Gasteiger partial charge in [-0.2, -0.15) is 8.42 Å². The van der Waals surface area contributed by atoms with Crippen LogP contribution >= 0.6 is 0 Å². The third-order valence-electron chi connectivity index (χ3n) is 6.20. The second-order valence-corrected chi connectivity index (χ2v) is 10.4. The molecule has 1 aromatic heterocycles. The summed E-state index contributed by atoms with van der Waals surface area (Å²) >= 11 is 0. The van der Waals surface area contributed by atoms with Gasteiger partial charge in [0.2, 0.25) is 5.91 Å². The lowest BCUT2D eigenvalue weighted by Gasteiger charge is -2.26. The van der Waals surface area contributed by atoms with Crippen LogP contribution in [-0.4, -0.2) is 52.6 Å². The van der Waals surface area contributed by atoms with Crippen molar-refractivity contribution in [2.45, 2.75) is 12.5 Å². The van der Waals surface area contributed by atoms with E-state index in [1.807, 2.05) is 47.2 Å². The smallest absolute Gasteiger partial charge is 0.330 e. The fraction of sp³-hybridized carbons (Fsp3) is 0.179. The van der Waals surface area contributed by atoms with Gasteiger partial charge >= 0.3 is 16.2 Å². The fourth-order valence-electron chi connectivity index (χ4n) is 4.08. The van der Waals surface area contributed by atoms with Gasteiger partial charge < -0.3 is 15.0 Å². The van der Waals surface area contributed by atoms with Crippen molar-refractivity contribution in [2.24, 2.45) is 0 Å². The van der Waals surface area contributed by atoms with Crippen molar-refractivity contribution >= 4 is 44.4 Å². The Morgan fingerprint density at radius 2 is 1.67 bits per heavy atom. The molecule has 4 aromatic rings. The van der Waals surface area contributed by atoms with Crippen molar-refractivity contribution in [3.05, 3.63) is 96.7 Å². The monoisotopic (exact) mass is 547 g/mol. The van der Waals surface area contributed by atoms with Gasteiger partial charge in [-0.15, -0.1) is 0 Å². The molecule has 202 valence electrons. The van der Waals surface area contributed by atoms with E-state index >= 15 is 0 Å². The molecular formula is C28H29N5O5S. The van der Waals surface area contributed by atoms with Gasteiger partial charge in [0, 0.05) is 37.8 Å². The molecule has 0 aliphatic rings. The maximum atomic E-state index is 13.6. The molecule has 3 aromatic carbocycles. The molecule has 39 heavy (non-hydrogen) atoms. The minimum absolute atomic E-state index is 0.148. The van der Waals surface area contributed by atoms with Crippen LogP contribution < -0.4 is 24.0 Å². The number of nitrogens with zero attached hydrogens (tertiary/aromatic N) is 3. The second kappa shape index (κ2) is 11.8. The number of carbonyl (C=O) groups is 2. The predicted octanol–water partition coefficient (Wildman–Crippen LogP) is 3.50. The first-order valence-corrected chi connectivity index (χ1v) is 13.5. The van der Waals surface area contributed by atoms with Crippen molar-refractivity contribution in [1.82, 2.24) is 15.0 Å². The highest BCUT2D eigenvalue weighted by Gasteiger charge is 2.29. The Morgan fingerprint density at radius 1 is 0.949 bits per heavy atom. The zero-order valence-electron chi connectivity index (χ0n) is 21.7. The van der Waals surface area contributed by atoms with Gasteiger partial charge in [0.25, 0.3) is 0 Å². The number of rotatable bonds is 9. The summed E-state index contributed by atoms with van der Waals surface area (Å²) in [6.45, 7) is 0. The third kappa shape index (κ3) is 6.44. The first-order valence-electron chi connectivity index (χ1n) is 12.1. The van der Waals surface area contributed by atoms with E-state index in [2.05, 4.69) is 10.3 Å². The average molecular weight is 548 g/mol. The fourth-order valence-corrected chi connectivity index (χ4v) is 4.92. The van der Waals surface area contributed by atoms with Crippen molar-refractivity contribution < 1.29 is 22.7 Å². The standard InChI is InChI=1S/C28H29N5O5S/c1-32(22-15-16-23-21(19-22)12-9-17-29-23)27(34)24(18-20-10-5-4-6-11-20)30-28(35)31-39(36,37)33(2)25-13-7-8-14-26(25)38-3/h4-17,19,24H,18H2,1-3H3,(H2,30,31,35). The number of amides is 3. The summed E-state index contributed by atoms with van der Waals surface area (Å²) < 4.78 is 34.1. The van der Waals surface area contributed by atoms with E-state index in [4.69, 9.17) is 4.74 Å². The van der Waals surface area contributed by atoms with Crippen LogP contribution in [0.4, 0.5) is 16.2 Å². The Hall–Kier alpha value is -4.64. The van der Waals surface area contributed by atoms with Gasteiger partial charge in [0.15, 0.2) is 0 Å². The van der Waals surface area contributed by atoms with E-state index in [0.29, 0.717) is 11.4 Å². The van der Waals surface area contributed by atoms with Gasteiger partial charge in [0.1, 0.15) is 11.8 Å². The summed E-state index contributed by atoms with van der Waals surface area (Å²) in [6, 6.07) is 22.6. The molecule has 0 saturated carbocycles. The number of benzene rings is 3. The van der Waals surface area contributed by atoms with Gasteiger partial charge in [-0.3, -0.25) is 14.1 Å². The molecule has 1 unspecified atom stereocenters. The Kier molecular flexibility index (Phi) is 8.30. The zero-order chi connectivity index (χ0) is 28.0. The minimum atomic E-state index is -4.33. The number of para-hydroxylation sites is 2. The molecule has 0 bridgehead atoms. The Morgan fingerprint density at radius 3 is 2.41 bits per heavy atom. The molecule has 0 saturated heterocycles. The Bertz CT molecular complexity index is 1580. The predicted molar refractivity (Wildman–Crippen MR) is 151 cm³/mol. The van der Waals surface area contributed by atoms with Gasteiger partial charge in [-0.25, -0.2) is 9.52 Å². The van der Waals surface area contributed by atoms with Gasteiger partial charge in [-0.1, -0.05) is 48.5 Å². The molecule has 4 rings (SSSR count). The number of hydrogen-bond donors (Lipinski definition) is 2. The quantitative estimate of drug-likeness (QED) is 0.331. The van der Waals surface area contributed by atoms with E-state index in [1.54, 1.807) is 55.7 Å². The molecule has 0 radical (unpaired) electrons. The number of carbonyl (C=O) groups excluding carboxylic acids is 2.